The fraction of sp³-hybridized carbons (Fsp3) is 0. The second-order valence-electron chi connectivity index (χ2n) is 3.55. The molecule has 2 heterocycles. The number of aromatic nitrogens is 2. The number of nitrogens with one attached hydrogen (secondary N) is 1. The van der Waals surface area contributed by atoms with Gasteiger partial charge in [-0.15, -0.1) is 0 Å². The first-order chi connectivity index (χ1) is 9.49. The van der Waals surface area contributed by atoms with Gasteiger partial charge in [0.05, 0.1) is 4.92 Å². The molecular weight excluding hydrogens is 291 g/mol. The molecule has 9 heteroatoms. The van der Waals surface area contributed by atoms with Crippen LogP contribution in [-0.4, -0.2) is 20.8 Å². The minimum atomic E-state index is -0.834. The molecule has 1 amide bonds. The van der Waals surface area contributed by atoms with Crippen LogP contribution in [0.15, 0.2) is 30.5 Å². The van der Waals surface area contributed by atoms with Crippen LogP contribution in [0.1, 0.15) is 10.4 Å². The molecular formula is C11H6ClFN4O3. The van der Waals surface area contributed by atoms with E-state index in [9.17, 15) is 19.3 Å². The van der Waals surface area contributed by atoms with Crippen LogP contribution in [0, 0.1) is 16.1 Å². The van der Waals surface area contributed by atoms with Gasteiger partial charge in [-0.05, 0) is 18.2 Å². The van der Waals surface area contributed by atoms with Crippen molar-refractivity contribution in [2.75, 3.05) is 5.32 Å². The van der Waals surface area contributed by atoms with E-state index in [-0.39, 0.29) is 11.4 Å². The van der Waals surface area contributed by atoms with Crippen molar-refractivity contribution >= 4 is 29.0 Å². The first-order valence-corrected chi connectivity index (χ1v) is 5.59. The van der Waals surface area contributed by atoms with Gasteiger partial charge in [-0.25, -0.2) is 9.97 Å². The summed E-state index contributed by atoms with van der Waals surface area (Å²) in [5, 5.41) is 12.7. The molecule has 0 atom stereocenters. The molecule has 2 aromatic rings. The Morgan fingerprint density at radius 1 is 1.40 bits per heavy atom. The summed E-state index contributed by atoms with van der Waals surface area (Å²) in [4.78, 5) is 29.0. The topological polar surface area (TPSA) is 98.0 Å². The predicted octanol–water partition coefficient (Wildman–Crippen LogP) is 2.43. The van der Waals surface area contributed by atoms with Gasteiger partial charge in [0.25, 0.3) is 5.91 Å². The summed E-state index contributed by atoms with van der Waals surface area (Å²) in [6.45, 7) is 0. The highest BCUT2D eigenvalue weighted by molar-refractivity contribution is 6.32. The van der Waals surface area contributed by atoms with E-state index >= 15 is 0 Å². The number of halogens is 2. The molecule has 102 valence electrons. The average Bonchev–Trinajstić information content (AvgIpc) is 2.37. The van der Waals surface area contributed by atoms with Crippen LogP contribution in [0.25, 0.3) is 0 Å². The van der Waals surface area contributed by atoms with Crippen LogP contribution < -0.4 is 5.32 Å². The lowest BCUT2D eigenvalue weighted by Crippen LogP contribution is -2.15. The maximum absolute atomic E-state index is 12.9. The Labute approximate surface area is 116 Å². The van der Waals surface area contributed by atoms with Gasteiger partial charge in [0, 0.05) is 6.20 Å². The molecule has 0 unspecified atom stereocenters. The highest BCUT2D eigenvalue weighted by atomic mass is 35.5. The minimum absolute atomic E-state index is 0.0720. The van der Waals surface area contributed by atoms with Gasteiger partial charge in [-0.1, -0.05) is 17.7 Å². The standard InChI is InChI=1S/C11H6ClFN4O3/c12-10-9(17(19)20)6(4-5-14-10)11(18)16-8-3-1-2-7(13)15-8/h1-5H,(H,15,16,18). The summed E-state index contributed by atoms with van der Waals surface area (Å²) in [7, 11) is 0. The summed E-state index contributed by atoms with van der Waals surface area (Å²) in [5.41, 5.74) is -0.913. The number of rotatable bonds is 3. The first-order valence-electron chi connectivity index (χ1n) is 5.22. The number of hydrogen-bond donors (Lipinski definition) is 1. The van der Waals surface area contributed by atoms with E-state index in [2.05, 4.69) is 15.3 Å². The largest absolute Gasteiger partial charge is 0.319 e. The number of nitro groups is 1. The van der Waals surface area contributed by atoms with Crippen molar-refractivity contribution < 1.29 is 14.1 Å². The van der Waals surface area contributed by atoms with Crippen LogP contribution in [0.4, 0.5) is 15.9 Å². The number of carbonyl (C=O) groups is 1. The number of pyridine rings is 2. The van der Waals surface area contributed by atoms with Crippen molar-refractivity contribution in [1.29, 1.82) is 0 Å². The fourth-order valence-corrected chi connectivity index (χ4v) is 1.67. The Morgan fingerprint density at radius 3 is 2.80 bits per heavy atom. The summed E-state index contributed by atoms with van der Waals surface area (Å²) < 4.78 is 12.9. The van der Waals surface area contributed by atoms with Gasteiger partial charge in [-0.2, -0.15) is 4.39 Å². The SMILES string of the molecule is O=C(Nc1cccc(F)n1)c1ccnc(Cl)c1[N+](=O)[O-]. The second kappa shape index (κ2) is 5.57. The van der Waals surface area contributed by atoms with Crippen LogP contribution in [0.2, 0.25) is 5.15 Å². The molecule has 0 fully saturated rings. The van der Waals surface area contributed by atoms with Gasteiger partial charge in [0.15, 0.2) is 0 Å². The third-order valence-corrected chi connectivity index (χ3v) is 2.54. The fourth-order valence-electron chi connectivity index (χ4n) is 1.45. The van der Waals surface area contributed by atoms with E-state index in [1.54, 1.807) is 0 Å². The lowest BCUT2D eigenvalue weighted by Gasteiger charge is -2.05. The Bertz CT molecular complexity index is 695. The van der Waals surface area contributed by atoms with E-state index in [4.69, 9.17) is 11.6 Å². The monoisotopic (exact) mass is 296 g/mol. The van der Waals surface area contributed by atoms with Crippen molar-refractivity contribution in [3.05, 3.63) is 57.2 Å². The molecule has 0 spiro atoms. The zero-order chi connectivity index (χ0) is 14.7. The molecule has 0 aliphatic carbocycles. The quantitative estimate of drug-likeness (QED) is 0.533. The Morgan fingerprint density at radius 2 is 2.15 bits per heavy atom. The molecule has 0 aromatic carbocycles. The number of carbonyl (C=O) groups excluding carboxylic acids is 1. The van der Waals surface area contributed by atoms with Crippen molar-refractivity contribution in [2.45, 2.75) is 0 Å². The zero-order valence-electron chi connectivity index (χ0n) is 9.71. The van der Waals surface area contributed by atoms with Crippen LogP contribution in [0.3, 0.4) is 0 Å². The molecule has 0 aliphatic heterocycles. The molecule has 0 radical (unpaired) electrons. The Kier molecular flexibility index (Phi) is 3.85. The van der Waals surface area contributed by atoms with Crippen LogP contribution >= 0.6 is 11.6 Å². The number of hydrogen-bond acceptors (Lipinski definition) is 5. The van der Waals surface area contributed by atoms with E-state index in [1.165, 1.54) is 12.1 Å². The maximum atomic E-state index is 12.9. The van der Waals surface area contributed by atoms with Crippen molar-refractivity contribution in [1.82, 2.24) is 9.97 Å². The molecule has 0 aliphatic rings. The van der Waals surface area contributed by atoms with Gasteiger partial charge in [0.1, 0.15) is 11.4 Å². The van der Waals surface area contributed by atoms with Gasteiger partial charge >= 0.3 is 5.69 Å². The minimum Gasteiger partial charge on any atom is -0.306 e. The molecule has 2 rings (SSSR count). The molecule has 0 saturated carbocycles. The lowest BCUT2D eigenvalue weighted by atomic mass is 10.2. The molecule has 0 saturated heterocycles. The third kappa shape index (κ3) is 2.86. The van der Waals surface area contributed by atoms with Crippen LogP contribution in [-0.2, 0) is 0 Å². The van der Waals surface area contributed by atoms with Gasteiger partial charge in [-0.3, -0.25) is 14.9 Å². The summed E-state index contributed by atoms with van der Waals surface area (Å²) in [6, 6.07) is 4.92. The number of amides is 1. The first kappa shape index (κ1) is 13.8. The van der Waals surface area contributed by atoms with Gasteiger partial charge < -0.3 is 5.32 Å². The van der Waals surface area contributed by atoms with Crippen LogP contribution in [0.5, 0.6) is 0 Å². The van der Waals surface area contributed by atoms with E-state index < -0.39 is 27.6 Å². The second-order valence-corrected chi connectivity index (χ2v) is 3.91. The maximum Gasteiger partial charge on any atom is 0.319 e. The Balaban J connectivity index is 2.35. The summed E-state index contributed by atoms with van der Waals surface area (Å²) in [6.07, 6.45) is 1.16. The zero-order valence-corrected chi connectivity index (χ0v) is 10.5. The third-order valence-electron chi connectivity index (χ3n) is 2.26. The van der Waals surface area contributed by atoms with Gasteiger partial charge in [0.2, 0.25) is 11.1 Å². The van der Waals surface area contributed by atoms with E-state index in [0.717, 1.165) is 18.3 Å². The lowest BCUT2D eigenvalue weighted by molar-refractivity contribution is -0.385. The molecule has 1 N–H and O–H groups in total. The van der Waals surface area contributed by atoms with E-state index in [0.29, 0.717) is 0 Å². The highest BCUT2D eigenvalue weighted by Crippen LogP contribution is 2.26. The van der Waals surface area contributed by atoms with Crippen molar-refractivity contribution in [3.8, 4) is 0 Å². The predicted molar refractivity (Wildman–Crippen MR) is 68.0 cm³/mol. The average molecular weight is 297 g/mol. The van der Waals surface area contributed by atoms with Crippen molar-refractivity contribution in [3.63, 3.8) is 0 Å². The molecule has 20 heavy (non-hydrogen) atoms. The van der Waals surface area contributed by atoms with E-state index in [1.807, 2.05) is 0 Å². The normalized spacial score (nSPS) is 10.1. The number of anilines is 1. The van der Waals surface area contributed by atoms with Crippen molar-refractivity contribution in [2.24, 2.45) is 0 Å². The molecule has 0 bridgehead atoms. The smallest absolute Gasteiger partial charge is 0.306 e. The highest BCUT2D eigenvalue weighted by Gasteiger charge is 2.25. The molecule has 7 nitrogen and oxygen atoms in total. The summed E-state index contributed by atoms with van der Waals surface area (Å²) in [5.74, 6) is -1.69. The number of nitrogens with zero attached hydrogens (tertiary/aromatic N) is 3. The Hall–Kier alpha value is -2.61. The summed E-state index contributed by atoms with van der Waals surface area (Å²) >= 11 is 5.59. The molecule has 2 aromatic heterocycles.